The minimum atomic E-state index is -0.287. The monoisotopic (exact) mass is 333 g/mol. The highest BCUT2D eigenvalue weighted by molar-refractivity contribution is 5.87. The first-order chi connectivity index (χ1) is 11.5. The molecule has 1 saturated heterocycles. The van der Waals surface area contributed by atoms with Gasteiger partial charge in [-0.05, 0) is 51.1 Å². The van der Waals surface area contributed by atoms with Crippen molar-refractivity contribution in [3.05, 3.63) is 12.2 Å². The molecule has 0 spiro atoms. The quantitative estimate of drug-likeness (QED) is 0.868. The van der Waals surface area contributed by atoms with Crippen LogP contribution in [-0.2, 0) is 11.8 Å². The highest BCUT2D eigenvalue weighted by Crippen LogP contribution is 2.38. The Labute approximate surface area is 145 Å². The summed E-state index contributed by atoms with van der Waals surface area (Å²) in [5.74, 6) is 1.54. The Morgan fingerprint density at radius 3 is 2.46 bits per heavy atom. The summed E-state index contributed by atoms with van der Waals surface area (Å²) in [5, 5.41) is 7.54. The van der Waals surface area contributed by atoms with Crippen molar-refractivity contribution in [1.82, 2.24) is 25.0 Å². The van der Waals surface area contributed by atoms with Crippen molar-refractivity contribution in [2.45, 2.75) is 70.4 Å². The number of amides is 1. The van der Waals surface area contributed by atoms with Gasteiger partial charge in [-0.3, -0.25) is 14.4 Å². The van der Waals surface area contributed by atoms with Crippen molar-refractivity contribution < 1.29 is 4.79 Å². The fourth-order valence-corrected chi connectivity index (χ4v) is 4.41. The van der Waals surface area contributed by atoms with Crippen LogP contribution in [0.4, 0.5) is 0 Å². The molecule has 0 unspecified atom stereocenters. The maximum atomic E-state index is 13.3. The first-order valence-electron chi connectivity index (χ1n) is 9.43. The standard InChI is InChI=1S/C18H31N5O/c1-14(2)12-15(16-19-13-20-22(16)3)21-17(24)18(8-4-5-9-18)23-10-6-7-11-23/h13-15H,4-12H2,1-3H3,(H,21,24)/t15-/m1/s1. The number of likely N-dealkylation sites (tertiary alicyclic amines) is 1. The molecule has 134 valence electrons. The average molecular weight is 333 g/mol. The van der Waals surface area contributed by atoms with E-state index in [1.165, 1.54) is 12.8 Å². The number of carbonyl (C=O) groups excluding carboxylic acids is 1. The molecule has 1 N–H and O–H groups in total. The van der Waals surface area contributed by atoms with Crippen LogP contribution in [0.3, 0.4) is 0 Å². The number of carbonyl (C=O) groups is 1. The van der Waals surface area contributed by atoms with E-state index in [1.807, 2.05) is 7.05 Å². The van der Waals surface area contributed by atoms with Crippen LogP contribution in [-0.4, -0.2) is 44.2 Å². The van der Waals surface area contributed by atoms with Gasteiger partial charge in [-0.1, -0.05) is 26.7 Å². The van der Waals surface area contributed by atoms with Crippen molar-refractivity contribution in [2.75, 3.05) is 13.1 Å². The zero-order valence-corrected chi connectivity index (χ0v) is 15.3. The van der Waals surface area contributed by atoms with Gasteiger partial charge in [0.25, 0.3) is 0 Å². The van der Waals surface area contributed by atoms with Crippen molar-refractivity contribution in [2.24, 2.45) is 13.0 Å². The second-order valence-corrected chi connectivity index (χ2v) is 7.83. The van der Waals surface area contributed by atoms with Crippen LogP contribution in [0.15, 0.2) is 6.33 Å². The molecule has 1 amide bonds. The van der Waals surface area contributed by atoms with E-state index in [-0.39, 0.29) is 17.5 Å². The number of aryl methyl sites for hydroxylation is 1. The Balaban J connectivity index is 1.80. The van der Waals surface area contributed by atoms with Crippen molar-refractivity contribution in [3.63, 3.8) is 0 Å². The zero-order valence-electron chi connectivity index (χ0n) is 15.3. The summed E-state index contributed by atoms with van der Waals surface area (Å²) in [4.78, 5) is 20.2. The van der Waals surface area contributed by atoms with Crippen LogP contribution in [0, 0.1) is 5.92 Å². The molecule has 2 heterocycles. The minimum absolute atomic E-state index is 0.0647. The number of rotatable bonds is 6. The van der Waals surface area contributed by atoms with Crippen molar-refractivity contribution in [3.8, 4) is 0 Å². The molecule has 6 nitrogen and oxygen atoms in total. The summed E-state index contributed by atoms with van der Waals surface area (Å²) in [6.45, 7) is 6.49. The fourth-order valence-electron chi connectivity index (χ4n) is 4.41. The Kier molecular flexibility index (Phi) is 5.23. The Morgan fingerprint density at radius 1 is 1.25 bits per heavy atom. The second kappa shape index (κ2) is 7.21. The molecule has 2 aliphatic rings. The summed E-state index contributed by atoms with van der Waals surface area (Å²) in [6.07, 6.45) is 9.18. The lowest BCUT2D eigenvalue weighted by Gasteiger charge is -2.38. The van der Waals surface area contributed by atoms with E-state index < -0.39 is 0 Å². The van der Waals surface area contributed by atoms with E-state index in [1.54, 1.807) is 11.0 Å². The van der Waals surface area contributed by atoms with E-state index in [9.17, 15) is 4.79 Å². The van der Waals surface area contributed by atoms with Crippen LogP contribution in [0.2, 0.25) is 0 Å². The normalized spacial score (nSPS) is 22.2. The molecule has 0 radical (unpaired) electrons. The minimum Gasteiger partial charge on any atom is -0.344 e. The zero-order chi connectivity index (χ0) is 17.2. The third-order valence-corrected chi connectivity index (χ3v) is 5.64. The van der Waals surface area contributed by atoms with Crippen LogP contribution in [0.5, 0.6) is 0 Å². The smallest absolute Gasteiger partial charge is 0.241 e. The average Bonchev–Trinajstić information content (AvgIpc) is 3.27. The first kappa shape index (κ1) is 17.4. The van der Waals surface area contributed by atoms with Gasteiger partial charge in [0.15, 0.2) is 0 Å². The van der Waals surface area contributed by atoms with Crippen LogP contribution in [0.1, 0.15) is 70.7 Å². The Morgan fingerprint density at radius 2 is 1.92 bits per heavy atom. The van der Waals surface area contributed by atoms with Gasteiger partial charge in [-0.15, -0.1) is 0 Å². The van der Waals surface area contributed by atoms with Crippen LogP contribution >= 0.6 is 0 Å². The van der Waals surface area contributed by atoms with Crippen LogP contribution < -0.4 is 5.32 Å². The fraction of sp³-hybridized carbons (Fsp3) is 0.833. The SMILES string of the molecule is CC(C)C[C@@H](NC(=O)C1(N2CCCC2)CCCC1)c1ncnn1C. The van der Waals surface area contributed by atoms with E-state index >= 15 is 0 Å². The highest BCUT2D eigenvalue weighted by atomic mass is 16.2. The molecule has 1 aliphatic carbocycles. The third kappa shape index (κ3) is 3.34. The molecular weight excluding hydrogens is 302 g/mol. The van der Waals surface area contributed by atoms with Gasteiger partial charge in [0.1, 0.15) is 17.7 Å². The summed E-state index contributed by atoms with van der Waals surface area (Å²) in [5.41, 5.74) is -0.287. The number of hydrogen-bond acceptors (Lipinski definition) is 4. The third-order valence-electron chi connectivity index (χ3n) is 5.64. The maximum Gasteiger partial charge on any atom is 0.241 e. The molecule has 1 aromatic rings. The van der Waals surface area contributed by atoms with Gasteiger partial charge in [-0.2, -0.15) is 5.10 Å². The Bertz CT molecular complexity index is 556. The first-order valence-corrected chi connectivity index (χ1v) is 9.43. The number of hydrogen-bond donors (Lipinski definition) is 1. The molecule has 3 rings (SSSR count). The van der Waals surface area contributed by atoms with Gasteiger partial charge in [-0.25, -0.2) is 4.98 Å². The molecule has 2 fully saturated rings. The Hall–Kier alpha value is -1.43. The summed E-state index contributed by atoms with van der Waals surface area (Å²) < 4.78 is 1.78. The molecule has 1 aromatic heterocycles. The predicted octanol–water partition coefficient (Wildman–Crippen LogP) is 2.43. The lowest BCUT2D eigenvalue weighted by atomic mass is 9.92. The molecule has 24 heavy (non-hydrogen) atoms. The second-order valence-electron chi connectivity index (χ2n) is 7.83. The molecule has 0 bridgehead atoms. The largest absolute Gasteiger partial charge is 0.344 e. The maximum absolute atomic E-state index is 13.3. The number of nitrogens with one attached hydrogen (secondary N) is 1. The van der Waals surface area contributed by atoms with Gasteiger partial charge < -0.3 is 5.32 Å². The number of aromatic nitrogens is 3. The molecule has 0 aromatic carbocycles. The van der Waals surface area contributed by atoms with Gasteiger partial charge in [0.05, 0.1) is 6.04 Å². The number of nitrogens with zero attached hydrogens (tertiary/aromatic N) is 4. The van der Waals surface area contributed by atoms with Gasteiger partial charge in [0, 0.05) is 7.05 Å². The lowest BCUT2D eigenvalue weighted by molar-refractivity contribution is -0.133. The summed E-state index contributed by atoms with van der Waals surface area (Å²) in [6, 6.07) is -0.0647. The van der Waals surface area contributed by atoms with Gasteiger partial charge in [0.2, 0.25) is 5.91 Å². The molecular formula is C18H31N5O. The molecule has 1 saturated carbocycles. The van der Waals surface area contributed by atoms with E-state index in [0.717, 1.165) is 51.0 Å². The predicted molar refractivity (Wildman–Crippen MR) is 93.3 cm³/mol. The van der Waals surface area contributed by atoms with Crippen molar-refractivity contribution >= 4 is 5.91 Å². The van der Waals surface area contributed by atoms with Gasteiger partial charge >= 0.3 is 0 Å². The van der Waals surface area contributed by atoms with Crippen molar-refractivity contribution in [1.29, 1.82) is 0 Å². The van der Waals surface area contributed by atoms with Crippen LogP contribution in [0.25, 0.3) is 0 Å². The molecule has 1 atom stereocenters. The molecule has 1 aliphatic heterocycles. The van der Waals surface area contributed by atoms with E-state index in [4.69, 9.17) is 0 Å². The highest BCUT2D eigenvalue weighted by Gasteiger charge is 2.47. The topological polar surface area (TPSA) is 63.1 Å². The van der Waals surface area contributed by atoms with E-state index in [0.29, 0.717) is 5.92 Å². The lowest BCUT2D eigenvalue weighted by Crippen LogP contribution is -2.57. The summed E-state index contributed by atoms with van der Waals surface area (Å²) >= 11 is 0. The molecule has 6 heteroatoms. The summed E-state index contributed by atoms with van der Waals surface area (Å²) in [7, 11) is 1.90. The van der Waals surface area contributed by atoms with E-state index in [2.05, 4.69) is 34.1 Å².